The van der Waals surface area contributed by atoms with Crippen LogP contribution in [-0.2, 0) is 0 Å². The van der Waals surface area contributed by atoms with Crippen LogP contribution in [0.4, 0.5) is 0 Å². The lowest BCUT2D eigenvalue weighted by Crippen LogP contribution is -1.98. The molecule has 0 spiro atoms. The maximum absolute atomic E-state index is 2.47. The van der Waals surface area contributed by atoms with E-state index >= 15 is 0 Å². The Hall–Kier alpha value is -8.94. The van der Waals surface area contributed by atoms with Crippen LogP contribution in [-0.4, -0.2) is 18.3 Å². The second-order valence-corrected chi connectivity index (χ2v) is 21.4. The molecule has 0 bridgehead atoms. The summed E-state index contributed by atoms with van der Waals surface area (Å²) < 4.78 is 15.1. The van der Waals surface area contributed by atoms with Gasteiger partial charge in [-0.25, -0.2) is 0 Å². The van der Waals surface area contributed by atoms with Gasteiger partial charge in [-0.15, -0.1) is 22.7 Å². The molecule has 0 aliphatic heterocycles. The summed E-state index contributed by atoms with van der Waals surface area (Å²) in [6, 6.07) is 86.1. The highest BCUT2D eigenvalue weighted by molar-refractivity contribution is 7.26. The first-order valence-corrected chi connectivity index (χ1v) is 26.2. The Labute approximate surface area is 419 Å². The van der Waals surface area contributed by atoms with Gasteiger partial charge in [0.1, 0.15) is 0 Å². The standard InChI is InChI=1S/C66H38N4S2/c1-7-19-55-43(13-1)49-35-51-45-15-3-9-21-57(45)69(41-29-31-65-53(33-41)47-17-5-11-23-63(47)71-65)61(51)37-59(49)67(55)39-25-27-40(28-26-39)68-56-20-8-2-14-44(56)50-36-52-46-16-4-10-22-58(46)70(62(52)38-60(50)68)42-30-32-66-54(34-42)48-18-6-12-24-64(48)72-66/h1-38H. The Kier molecular flexibility index (Phi) is 7.73. The molecule has 6 aromatic heterocycles. The van der Waals surface area contributed by atoms with E-state index in [0.717, 1.165) is 11.4 Å². The van der Waals surface area contributed by atoms with Gasteiger partial charge in [0.2, 0.25) is 0 Å². The first kappa shape index (κ1) is 38.9. The van der Waals surface area contributed by atoms with E-state index in [0.29, 0.717) is 0 Å². The maximum Gasteiger partial charge on any atom is 0.0562 e. The topological polar surface area (TPSA) is 19.7 Å². The highest BCUT2D eigenvalue weighted by Crippen LogP contribution is 2.44. The largest absolute Gasteiger partial charge is 0.309 e. The van der Waals surface area contributed by atoms with Gasteiger partial charge in [0.05, 0.1) is 44.1 Å². The minimum Gasteiger partial charge on any atom is -0.309 e. The third-order valence-electron chi connectivity index (χ3n) is 15.5. The number of fused-ring (bicyclic) bond motifs is 18. The first-order valence-electron chi connectivity index (χ1n) is 24.6. The zero-order valence-corrected chi connectivity index (χ0v) is 40.2. The molecule has 0 atom stereocenters. The highest BCUT2D eigenvalue weighted by Gasteiger charge is 2.22. The number of para-hydroxylation sites is 4. The van der Waals surface area contributed by atoms with Crippen molar-refractivity contribution in [2.45, 2.75) is 0 Å². The smallest absolute Gasteiger partial charge is 0.0562 e. The Bertz CT molecular complexity index is 4840. The summed E-state index contributed by atoms with van der Waals surface area (Å²) >= 11 is 3.73. The molecule has 0 saturated heterocycles. The highest BCUT2D eigenvalue weighted by atomic mass is 32.1. The second kappa shape index (κ2) is 14.3. The van der Waals surface area contributed by atoms with E-state index in [1.165, 1.54) is 139 Å². The number of thiophene rings is 2. The van der Waals surface area contributed by atoms with Gasteiger partial charge in [-0.3, -0.25) is 0 Å². The first-order chi connectivity index (χ1) is 35.7. The predicted molar refractivity (Wildman–Crippen MR) is 310 cm³/mol. The maximum atomic E-state index is 2.47. The van der Waals surface area contributed by atoms with Crippen LogP contribution in [0.5, 0.6) is 0 Å². The SMILES string of the molecule is c1ccc2c(c1)sc1ccc(-n3c4ccccc4c4cc5c6ccccc6n(-c6ccc(-n7c8ccccc8c8cc9c%10ccccc%10n(-c%10ccc%11sc%12ccccc%12c%11c%10)c9cc87)cc6)c5cc43)cc12. The minimum absolute atomic E-state index is 1.12. The van der Waals surface area contributed by atoms with Gasteiger partial charge in [0, 0.05) is 106 Å². The van der Waals surface area contributed by atoms with E-state index in [2.05, 4.69) is 249 Å². The predicted octanol–water partition coefficient (Wildman–Crippen LogP) is 18.8. The third kappa shape index (κ3) is 5.24. The summed E-state index contributed by atoms with van der Waals surface area (Å²) in [7, 11) is 0. The van der Waals surface area contributed by atoms with Crippen LogP contribution in [0.3, 0.4) is 0 Å². The summed E-state index contributed by atoms with van der Waals surface area (Å²) in [5.41, 5.74) is 14.1. The van der Waals surface area contributed by atoms with Gasteiger partial charge in [0.25, 0.3) is 0 Å². The van der Waals surface area contributed by atoms with Gasteiger partial charge >= 0.3 is 0 Å². The molecule has 11 aromatic carbocycles. The normalized spacial score (nSPS) is 12.4. The lowest BCUT2D eigenvalue weighted by molar-refractivity contribution is 1.14. The van der Waals surface area contributed by atoms with Gasteiger partial charge < -0.3 is 18.3 Å². The van der Waals surface area contributed by atoms with Crippen molar-refractivity contribution < 1.29 is 0 Å². The van der Waals surface area contributed by atoms with Crippen LogP contribution in [0.15, 0.2) is 231 Å². The molecule has 0 saturated carbocycles. The summed E-state index contributed by atoms with van der Waals surface area (Å²) in [4.78, 5) is 0. The number of hydrogen-bond acceptors (Lipinski definition) is 2. The lowest BCUT2D eigenvalue weighted by Gasteiger charge is -2.13. The molecule has 4 nitrogen and oxygen atoms in total. The summed E-state index contributed by atoms with van der Waals surface area (Å²) in [6.07, 6.45) is 0. The van der Waals surface area contributed by atoms with Crippen molar-refractivity contribution in [3.05, 3.63) is 231 Å². The molecule has 6 heteroatoms. The van der Waals surface area contributed by atoms with Gasteiger partial charge in [-0.2, -0.15) is 0 Å². The van der Waals surface area contributed by atoms with Crippen LogP contribution in [0.25, 0.3) is 150 Å². The molecule has 0 aliphatic rings. The summed E-state index contributed by atoms with van der Waals surface area (Å²) in [5, 5.41) is 15.2. The molecule has 0 aliphatic carbocycles. The average molecular weight is 951 g/mol. The van der Waals surface area contributed by atoms with Gasteiger partial charge in [0.15, 0.2) is 0 Å². The molecule has 0 amide bonds. The number of nitrogens with zero attached hydrogens (tertiary/aromatic N) is 4. The minimum atomic E-state index is 1.12. The van der Waals surface area contributed by atoms with Crippen molar-refractivity contribution >= 4 is 150 Å². The molecule has 6 heterocycles. The van der Waals surface area contributed by atoms with Crippen molar-refractivity contribution in [1.29, 1.82) is 0 Å². The molecular formula is C66H38N4S2. The van der Waals surface area contributed by atoms with Crippen LogP contribution in [0, 0.1) is 0 Å². The van der Waals surface area contributed by atoms with Crippen LogP contribution in [0.1, 0.15) is 0 Å². The Morgan fingerprint density at radius 1 is 0.181 bits per heavy atom. The van der Waals surface area contributed by atoms with Crippen molar-refractivity contribution in [3.63, 3.8) is 0 Å². The lowest BCUT2D eigenvalue weighted by atomic mass is 10.1. The number of aromatic nitrogens is 4. The Morgan fingerprint density at radius 2 is 0.458 bits per heavy atom. The molecule has 0 radical (unpaired) electrons. The molecule has 0 N–H and O–H groups in total. The van der Waals surface area contributed by atoms with Crippen LogP contribution in [0.2, 0.25) is 0 Å². The molecule has 72 heavy (non-hydrogen) atoms. The number of benzene rings is 11. The molecule has 334 valence electrons. The molecule has 0 fully saturated rings. The molecule has 0 unspecified atom stereocenters. The van der Waals surface area contributed by atoms with Gasteiger partial charge in [-0.05, 0) is 121 Å². The number of hydrogen-bond donors (Lipinski definition) is 0. The van der Waals surface area contributed by atoms with E-state index in [1.54, 1.807) is 0 Å². The van der Waals surface area contributed by atoms with Crippen molar-refractivity contribution in [2.75, 3.05) is 0 Å². The second-order valence-electron chi connectivity index (χ2n) is 19.3. The Morgan fingerprint density at radius 3 is 0.819 bits per heavy atom. The quantitative estimate of drug-likeness (QED) is 0.168. The van der Waals surface area contributed by atoms with Crippen molar-refractivity contribution in [2.24, 2.45) is 0 Å². The van der Waals surface area contributed by atoms with E-state index in [1.807, 2.05) is 22.7 Å². The van der Waals surface area contributed by atoms with Crippen molar-refractivity contribution in [1.82, 2.24) is 18.3 Å². The molecule has 17 rings (SSSR count). The molecule has 17 aromatic rings. The van der Waals surface area contributed by atoms with Gasteiger partial charge in [-0.1, -0.05) is 109 Å². The van der Waals surface area contributed by atoms with Crippen LogP contribution >= 0.6 is 22.7 Å². The third-order valence-corrected chi connectivity index (χ3v) is 17.8. The fraction of sp³-hybridized carbons (Fsp3) is 0. The van der Waals surface area contributed by atoms with E-state index in [9.17, 15) is 0 Å². The van der Waals surface area contributed by atoms with Crippen LogP contribution < -0.4 is 0 Å². The number of rotatable bonds is 4. The fourth-order valence-electron chi connectivity index (χ4n) is 12.4. The van der Waals surface area contributed by atoms with E-state index < -0.39 is 0 Å². The fourth-order valence-corrected chi connectivity index (χ4v) is 14.6. The summed E-state index contributed by atoms with van der Waals surface area (Å²) in [5.74, 6) is 0. The monoisotopic (exact) mass is 950 g/mol. The molecular weight excluding hydrogens is 913 g/mol. The van der Waals surface area contributed by atoms with Crippen molar-refractivity contribution in [3.8, 4) is 22.7 Å². The average Bonchev–Trinajstić information content (AvgIpc) is 4.28. The zero-order chi connectivity index (χ0) is 46.8. The summed E-state index contributed by atoms with van der Waals surface area (Å²) in [6.45, 7) is 0. The zero-order valence-electron chi connectivity index (χ0n) is 38.5. The van der Waals surface area contributed by atoms with E-state index in [4.69, 9.17) is 0 Å². The Balaban J connectivity index is 0.868. The van der Waals surface area contributed by atoms with E-state index in [-0.39, 0.29) is 0 Å².